The Morgan fingerprint density at radius 1 is 1.28 bits per heavy atom. The summed E-state index contributed by atoms with van der Waals surface area (Å²) in [5.41, 5.74) is 3.02. The molecule has 0 bridgehead atoms. The second kappa shape index (κ2) is 7.55. The van der Waals surface area contributed by atoms with E-state index in [0.717, 1.165) is 41.7 Å². The van der Waals surface area contributed by atoms with Gasteiger partial charge in [-0.3, -0.25) is 0 Å². The molecule has 0 saturated heterocycles. The molecule has 0 heterocycles. The number of carbonyl (C=O) groups is 1. The molecule has 2 atom stereocenters. The van der Waals surface area contributed by atoms with Gasteiger partial charge in [0.1, 0.15) is 11.6 Å². The lowest BCUT2D eigenvalue weighted by Gasteiger charge is -2.21. The predicted octanol–water partition coefficient (Wildman–Crippen LogP) is 4.27. The van der Waals surface area contributed by atoms with Crippen LogP contribution in [0.1, 0.15) is 48.5 Å². The number of aryl methyl sites for hydroxylation is 1. The number of nitrogens with one attached hydrogen (secondary N) is 2. The summed E-state index contributed by atoms with van der Waals surface area (Å²) in [6.07, 6.45) is 2.37. The first-order valence-electron chi connectivity index (χ1n) is 8.60. The van der Waals surface area contributed by atoms with E-state index in [4.69, 9.17) is 4.74 Å². The van der Waals surface area contributed by atoms with E-state index >= 15 is 0 Å². The summed E-state index contributed by atoms with van der Waals surface area (Å²) in [7, 11) is 1.63. The van der Waals surface area contributed by atoms with Crippen molar-refractivity contribution < 1.29 is 13.9 Å². The van der Waals surface area contributed by atoms with Crippen molar-refractivity contribution in [3.63, 3.8) is 0 Å². The van der Waals surface area contributed by atoms with Crippen LogP contribution in [0.2, 0.25) is 0 Å². The molecule has 1 aliphatic rings. The third-order valence-electron chi connectivity index (χ3n) is 4.72. The Kier molecular flexibility index (Phi) is 5.22. The van der Waals surface area contributed by atoms with E-state index in [-0.39, 0.29) is 23.9 Å². The van der Waals surface area contributed by atoms with E-state index in [2.05, 4.69) is 10.6 Å². The molecule has 2 aromatic rings. The van der Waals surface area contributed by atoms with E-state index in [1.807, 2.05) is 31.2 Å². The van der Waals surface area contributed by atoms with Crippen molar-refractivity contribution in [2.24, 2.45) is 0 Å². The van der Waals surface area contributed by atoms with Gasteiger partial charge in [-0.1, -0.05) is 25.1 Å². The Morgan fingerprint density at radius 3 is 2.72 bits per heavy atom. The highest BCUT2D eigenvalue weighted by Gasteiger charge is 2.25. The smallest absolute Gasteiger partial charge is 0.315 e. The summed E-state index contributed by atoms with van der Waals surface area (Å²) in [6, 6.07) is 12.1. The Hall–Kier alpha value is -2.56. The second-order valence-electron chi connectivity index (χ2n) is 6.29. The highest BCUT2D eigenvalue weighted by atomic mass is 19.1. The highest BCUT2D eigenvalue weighted by molar-refractivity contribution is 5.75. The summed E-state index contributed by atoms with van der Waals surface area (Å²) < 4.78 is 18.5. The number of hydrogen-bond acceptors (Lipinski definition) is 2. The monoisotopic (exact) mass is 342 g/mol. The van der Waals surface area contributed by atoms with Gasteiger partial charge in [0.25, 0.3) is 0 Å². The Bertz CT molecular complexity index is 746. The Labute approximate surface area is 147 Å². The van der Waals surface area contributed by atoms with Crippen molar-refractivity contribution in [2.45, 2.75) is 38.3 Å². The van der Waals surface area contributed by atoms with Crippen LogP contribution >= 0.6 is 0 Å². The molecular weight excluding hydrogens is 319 g/mol. The van der Waals surface area contributed by atoms with Crippen LogP contribution in [-0.4, -0.2) is 13.1 Å². The first-order chi connectivity index (χ1) is 12.1. The van der Waals surface area contributed by atoms with Crippen LogP contribution in [0.3, 0.4) is 0 Å². The molecule has 0 spiro atoms. The van der Waals surface area contributed by atoms with Gasteiger partial charge >= 0.3 is 6.03 Å². The number of halogens is 1. The summed E-state index contributed by atoms with van der Waals surface area (Å²) in [4.78, 5) is 12.4. The molecule has 2 aromatic carbocycles. The lowest BCUT2D eigenvalue weighted by Crippen LogP contribution is -2.39. The average Bonchev–Trinajstić information content (AvgIpc) is 3.01. The molecule has 2 amide bonds. The summed E-state index contributed by atoms with van der Waals surface area (Å²) in [6.45, 7) is 2.03. The molecule has 0 fully saturated rings. The standard InChI is InChI=1S/C20H23FN2O2/c1-3-18(13-4-8-16(25-2)9-5-13)22-20(24)23-19-11-6-14-12-15(21)7-10-17(14)19/h4-5,7-10,12,18-19H,3,6,11H2,1-2H3,(H2,22,23,24). The zero-order chi connectivity index (χ0) is 17.8. The number of carbonyl (C=O) groups excluding carboxylic acids is 1. The molecule has 1 aliphatic carbocycles. The van der Waals surface area contributed by atoms with Gasteiger partial charge in [-0.2, -0.15) is 0 Å². The minimum absolute atomic E-state index is 0.0658. The number of benzene rings is 2. The van der Waals surface area contributed by atoms with Crippen molar-refractivity contribution in [1.29, 1.82) is 0 Å². The normalized spacial score (nSPS) is 16.8. The molecular formula is C20H23FN2O2. The SMILES string of the molecule is CCC(NC(=O)NC1CCc2cc(F)ccc21)c1ccc(OC)cc1. The van der Waals surface area contributed by atoms with E-state index in [9.17, 15) is 9.18 Å². The van der Waals surface area contributed by atoms with E-state index < -0.39 is 0 Å². The van der Waals surface area contributed by atoms with Crippen molar-refractivity contribution >= 4 is 6.03 Å². The maximum Gasteiger partial charge on any atom is 0.315 e. The summed E-state index contributed by atoms with van der Waals surface area (Å²) in [5.74, 6) is 0.562. The number of hydrogen-bond donors (Lipinski definition) is 2. The fraction of sp³-hybridized carbons (Fsp3) is 0.350. The van der Waals surface area contributed by atoms with Gasteiger partial charge in [-0.15, -0.1) is 0 Å². The van der Waals surface area contributed by atoms with Crippen molar-refractivity contribution in [3.8, 4) is 5.75 Å². The molecule has 2 N–H and O–H groups in total. The van der Waals surface area contributed by atoms with Gasteiger partial charge in [0.2, 0.25) is 0 Å². The second-order valence-corrected chi connectivity index (χ2v) is 6.29. The van der Waals surface area contributed by atoms with Crippen LogP contribution in [0.15, 0.2) is 42.5 Å². The molecule has 0 saturated carbocycles. The fourth-order valence-corrected chi connectivity index (χ4v) is 3.35. The van der Waals surface area contributed by atoms with Crippen LogP contribution in [-0.2, 0) is 6.42 Å². The van der Waals surface area contributed by atoms with Crippen LogP contribution in [0, 0.1) is 5.82 Å². The van der Waals surface area contributed by atoms with Crippen LogP contribution in [0.25, 0.3) is 0 Å². The van der Waals surface area contributed by atoms with Gasteiger partial charge in [0.05, 0.1) is 19.2 Å². The minimum atomic E-state index is -0.227. The number of ether oxygens (including phenoxy) is 1. The van der Waals surface area contributed by atoms with Crippen molar-refractivity contribution in [1.82, 2.24) is 10.6 Å². The van der Waals surface area contributed by atoms with Crippen LogP contribution < -0.4 is 15.4 Å². The topological polar surface area (TPSA) is 50.4 Å². The third kappa shape index (κ3) is 3.92. The van der Waals surface area contributed by atoms with Gasteiger partial charge in [0.15, 0.2) is 0 Å². The zero-order valence-corrected chi connectivity index (χ0v) is 14.5. The Morgan fingerprint density at radius 2 is 2.04 bits per heavy atom. The average molecular weight is 342 g/mol. The quantitative estimate of drug-likeness (QED) is 0.852. The molecule has 3 rings (SSSR count). The van der Waals surface area contributed by atoms with Crippen LogP contribution in [0.5, 0.6) is 5.75 Å². The molecule has 0 aliphatic heterocycles. The summed E-state index contributed by atoms with van der Waals surface area (Å²) >= 11 is 0. The number of rotatable bonds is 5. The zero-order valence-electron chi connectivity index (χ0n) is 14.5. The van der Waals surface area contributed by atoms with E-state index in [0.29, 0.717) is 0 Å². The summed E-state index contributed by atoms with van der Waals surface area (Å²) in [5, 5.41) is 6.04. The minimum Gasteiger partial charge on any atom is -0.497 e. The highest BCUT2D eigenvalue weighted by Crippen LogP contribution is 2.31. The molecule has 25 heavy (non-hydrogen) atoms. The van der Waals surface area contributed by atoms with Gasteiger partial charge in [-0.25, -0.2) is 9.18 Å². The number of methoxy groups -OCH3 is 1. The third-order valence-corrected chi connectivity index (χ3v) is 4.72. The van der Waals surface area contributed by atoms with Crippen molar-refractivity contribution in [3.05, 3.63) is 65.0 Å². The molecule has 0 aromatic heterocycles. The lowest BCUT2D eigenvalue weighted by atomic mass is 10.0. The Balaban J connectivity index is 1.63. The molecule has 5 heteroatoms. The van der Waals surface area contributed by atoms with E-state index in [1.54, 1.807) is 19.2 Å². The number of urea groups is 1. The maximum absolute atomic E-state index is 13.3. The van der Waals surface area contributed by atoms with Crippen molar-refractivity contribution in [2.75, 3.05) is 7.11 Å². The molecule has 4 nitrogen and oxygen atoms in total. The largest absolute Gasteiger partial charge is 0.497 e. The van der Waals surface area contributed by atoms with Gasteiger partial charge in [0, 0.05) is 0 Å². The molecule has 132 valence electrons. The van der Waals surface area contributed by atoms with Gasteiger partial charge < -0.3 is 15.4 Å². The number of amides is 2. The molecule has 0 radical (unpaired) electrons. The predicted molar refractivity (Wildman–Crippen MR) is 95.2 cm³/mol. The number of fused-ring (bicyclic) bond motifs is 1. The molecule has 2 unspecified atom stereocenters. The van der Waals surface area contributed by atoms with E-state index in [1.165, 1.54) is 6.07 Å². The van der Waals surface area contributed by atoms with Gasteiger partial charge in [-0.05, 0) is 60.2 Å². The first kappa shape index (κ1) is 17.3. The van der Waals surface area contributed by atoms with Crippen LogP contribution in [0.4, 0.5) is 9.18 Å². The fourth-order valence-electron chi connectivity index (χ4n) is 3.35. The first-order valence-corrected chi connectivity index (χ1v) is 8.60. The maximum atomic E-state index is 13.3. The lowest BCUT2D eigenvalue weighted by molar-refractivity contribution is 0.232.